The van der Waals surface area contributed by atoms with E-state index in [0.29, 0.717) is 5.56 Å². The van der Waals surface area contributed by atoms with Gasteiger partial charge in [-0.3, -0.25) is 9.59 Å². The molecular formula is C17H15NO3. The molecule has 0 saturated carbocycles. The number of rotatable bonds is 3. The first-order chi connectivity index (χ1) is 10.2. The molecule has 0 aliphatic carbocycles. The Morgan fingerprint density at radius 3 is 2.67 bits per heavy atom. The van der Waals surface area contributed by atoms with E-state index < -0.39 is 10.9 Å². The number of para-hydroxylation sites is 1. The fourth-order valence-corrected chi connectivity index (χ4v) is 2.59. The molecule has 0 radical (unpaired) electrons. The molecule has 3 rings (SSSR count). The molecular weight excluding hydrogens is 266 g/mol. The van der Waals surface area contributed by atoms with E-state index in [1.807, 2.05) is 36.5 Å². The lowest BCUT2D eigenvalue weighted by molar-refractivity contribution is 0.404. The average Bonchev–Trinajstić information content (AvgIpc) is 2.54. The fourth-order valence-electron chi connectivity index (χ4n) is 2.59. The SMILES string of the molecule is CCN1C=CC(=Cc2c(OC)c(=O)c2=O)c2ccccc21. The van der Waals surface area contributed by atoms with Gasteiger partial charge in [0, 0.05) is 24.0 Å². The van der Waals surface area contributed by atoms with Crippen LogP contribution in [-0.4, -0.2) is 13.7 Å². The van der Waals surface area contributed by atoms with Crippen LogP contribution in [0.2, 0.25) is 0 Å². The van der Waals surface area contributed by atoms with E-state index in [4.69, 9.17) is 4.74 Å². The van der Waals surface area contributed by atoms with Crippen molar-refractivity contribution in [1.82, 2.24) is 0 Å². The molecule has 1 aliphatic heterocycles. The molecule has 0 atom stereocenters. The summed E-state index contributed by atoms with van der Waals surface area (Å²) in [6.45, 7) is 2.94. The summed E-state index contributed by atoms with van der Waals surface area (Å²) in [6, 6.07) is 7.98. The second-order valence-corrected chi connectivity index (χ2v) is 4.82. The first kappa shape index (κ1) is 13.4. The van der Waals surface area contributed by atoms with E-state index in [0.717, 1.165) is 23.4 Å². The lowest BCUT2D eigenvalue weighted by Gasteiger charge is -2.26. The molecule has 21 heavy (non-hydrogen) atoms. The highest BCUT2D eigenvalue weighted by atomic mass is 16.5. The molecule has 4 heteroatoms. The zero-order valence-electron chi connectivity index (χ0n) is 11.9. The molecule has 4 nitrogen and oxygen atoms in total. The Morgan fingerprint density at radius 2 is 1.95 bits per heavy atom. The third-order valence-electron chi connectivity index (χ3n) is 3.70. The zero-order chi connectivity index (χ0) is 15.0. The van der Waals surface area contributed by atoms with Gasteiger partial charge in [0.25, 0.3) is 5.43 Å². The molecule has 0 saturated heterocycles. The summed E-state index contributed by atoms with van der Waals surface area (Å²) in [5.74, 6) is 0.149. The highest BCUT2D eigenvalue weighted by Crippen LogP contribution is 2.34. The second-order valence-electron chi connectivity index (χ2n) is 4.82. The number of methoxy groups -OCH3 is 1. The van der Waals surface area contributed by atoms with Gasteiger partial charge in [-0.05, 0) is 30.7 Å². The largest absolute Gasteiger partial charge is 0.492 e. The predicted octanol–water partition coefficient (Wildman–Crippen LogP) is 2.19. The molecule has 0 unspecified atom stereocenters. The summed E-state index contributed by atoms with van der Waals surface area (Å²) in [5.41, 5.74) is 2.35. The molecule has 106 valence electrons. The Morgan fingerprint density at radius 1 is 1.19 bits per heavy atom. The molecule has 0 bridgehead atoms. The number of fused-ring (bicyclic) bond motifs is 1. The number of hydrogen-bond acceptors (Lipinski definition) is 4. The highest BCUT2D eigenvalue weighted by Gasteiger charge is 2.22. The normalized spacial score (nSPS) is 15.5. The van der Waals surface area contributed by atoms with Crippen LogP contribution >= 0.6 is 0 Å². The van der Waals surface area contributed by atoms with Gasteiger partial charge in [0.15, 0.2) is 5.75 Å². The lowest BCUT2D eigenvalue weighted by atomic mass is 9.96. The molecule has 0 spiro atoms. The smallest absolute Gasteiger partial charge is 0.268 e. The van der Waals surface area contributed by atoms with E-state index in [9.17, 15) is 9.59 Å². The van der Waals surface area contributed by atoms with Crippen molar-refractivity contribution in [3.05, 3.63) is 68.1 Å². The zero-order valence-corrected chi connectivity index (χ0v) is 11.9. The number of allylic oxidation sites excluding steroid dienone is 2. The van der Waals surface area contributed by atoms with Crippen molar-refractivity contribution in [2.24, 2.45) is 0 Å². The summed E-state index contributed by atoms with van der Waals surface area (Å²) in [6.07, 6.45) is 5.65. The predicted molar refractivity (Wildman–Crippen MR) is 84.4 cm³/mol. The summed E-state index contributed by atoms with van der Waals surface area (Å²) >= 11 is 0. The van der Waals surface area contributed by atoms with Gasteiger partial charge in [0.1, 0.15) is 0 Å². The molecule has 1 heterocycles. The average molecular weight is 281 g/mol. The second kappa shape index (κ2) is 5.05. The van der Waals surface area contributed by atoms with E-state index in [2.05, 4.69) is 11.8 Å². The summed E-state index contributed by atoms with van der Waals surface area (Å²) in [4.78, 5) is 25.2. The third-order valence-corrected chi connectivity index (χ3v) is 3.70. The number of nitrogens with zero attached hydrogens (tertiary/aromatic N) is 1. The molecule has 2 aromatic carbocycles. The van der Waals surface area contributed by atoms with Crippen LogP contribution in [0, 0.1) is 0 Å². The number of hydrogen-bond donors (Lipinski definition) is 0. The summed E-state index contributed by atoms with van der Waals surface area (Å²) in [5, 5.41) is 0. The lowest BCUT2D eigenvalue weighted by Crippen LogP contribution is -2.34. The van der Waals surface area contributed by atoms with Crippen molar-refractivity contribution < 1.29 is 4.74 Å². The van der Waals surface area contributed by atoms with Crippen LogP contribution in [0.3, 0.4) is 0 Å². The minimum atomic E-state index is -0.549. The van der Waals surface area contributed by atoms with Gasteiger partial charge < -0.3 is 9.64 Å². The summed E-state index contributed by atoms with van der Waals surface area (Å²) in [7, 11) is 1.40. The quantitative estimate of drug-likeness (QED) is 0.809. The van der Waals surface area contributed by atoms with Gasteiger partial charge in [-0.1, -0.05) is 18.2 Å². The third kappa shape index (κ3) is 2.00. The van der Waals surface area contributed by atoms with Crippen molar-refractivity contribution in [2.75, 3.05) is 18.6 Å². The van der Waals surface area contributed by atoms with Gasteiger partial charge in [-0.15, -0.1) is 0 Å². The first-order valence-corrected chi connectivity index (χ1v) is 6.80. The van der Waals surface area contributed by atoms with Gasteiger partial charge in [-0.2, -0.15) is 0 Å². The van der Waals surface area contributed by atoms with Crippen molar-refractivity contribution in [2.45, 2.75) is 6.92 Å². The molecule has 0 fully saturated rings. The van der Waals surface area contributed by atoms with Gasteiger partial charge >= 0.3 is 0 Å². The molecule has 0 N–H and O–H groups in total. The minimum Gasteiger partial charge on any atom is -0.492 e. The maximum atomic E-state index is 11.7. The molecule has 0 aromatic heterocycles. The Labute approximate surface area is 122 Å². The van der Waals surface area contributed by atoms with Crippen LogP contribution in [0.15, 0.2) is 46.1 Å². The maximum absolute atomic E-state index is 11.7. The first-order valence-electron chi connectivity index (χ1n) is 6.80. The van der Waals surface area contributed by atoms with Crippen molar-refractivity contribution in [3.8, 4) is 5.75 Å². The van der Waals surface area contributed by atoms with E-state index in [1.165, 1.54) is 7.11 Å². The Hall–Kier alpha value is -2.62. The Balaban J connectivity index is 2.12. The standard InChI is InChI=1S/C17H15NO3/c1-3-18-9-8-11(12-6-4-5-7-14(12)18)10-13-15(19)16(20)17(13)21-2/h4-10H,3H2,1-2H3. The van der Waals surface area contributed by atoms with Crippen molar-refractivity contribution >= 4 is 17.3 Å². The molecule has 1 aliphatic rings. The summed E-state index contributed by atoms with van der Waals surface area (Å²) < 4.78 is 4.98. The fraction of sp³-hybridized carbons (Fsp3) is 0.176. The van der Waals surface area contributed by atoms with Crippen LogP contribution < -0.4 is 20.5 Å². The van der Waals surface area contributed by atoms with Gasteiger partial charge in [-0.25, -0.2) is 0 Å². The highest BCUT2D eigenvalue weighted by molar-refractivity contribution is 5.95. The van der Waals surface area contributed by atoms with Gasteiger partial charge in [0.2, 0.25) is 5.43 Å². The van der Waals surface area contributed by atoms with Crippen LogP contribution in [0.4, 0.5) is 5.69 Å². The van der Waals surface area contributed by atoms with E-state index in [-0.39, 0.29) is 5.75 Å². The minimum absolute atomic E-state index is 0.149. The van der Waals surface area contributed by atoms with Crippen LogP contribution in [0.25, 0.3) is 11.6 Å². The monoisotopic (exact) mass is 281 g/mol. The van der Waals surface area contributed by atoms with E-state index >= 15 is 0 Å². The number of ether oxygens (including phenoxy) is 1. The van der Waals surface area contributed by atoms with Crippen molar-refractivity contribution in [3.63, 3.8) is 0 Å². The Bertz CT molecular complexity index is 823. The molecule has 2 aromatic rings. The maximum Gasteiger partial charge on any atom is 0.268 e. The van der Waals surface area contributed by atoms with Crippen LogP contribution in [-0.2, 0) is 0 Å². The number of benzene rings is 1. The van der Waals surface area contributed by atoms with E-state index in [1.54, 1.807) is 6.08 Å². The van der Waals surface area contributed by atoms with Crippen LogP contribution in [0.1, 0.15) is 18.1 Å². The Kier molecular flexibility index (Phi) is 3.22. The van der Waals surface area contributed by atoms with Crippen LogP contribution in [0.5, 0.6) is 5.75 Å². The van der Waals surface area contributed by atoms with Gasteiger partial charge in [0.05, 0.1) is 12.7 Å². The molecule has 0 amide bonds. The topological polar surface area (TPSA) is 46.6 Å². The number of anilines is 1. The van der Waals surface area contributed by atoms with Crippen molar-refractivity contribution in [1.29, 1.82) is 0 Å².